The molecule has 6 rings (SSSR count). The van der Waals surface area contributed by atoms with E-state index in [1.165, 1.54) is 46.4 Å². The molecular formula is C37H38N4O5. The molecule has 0 saturated heterocycles. The first-order valence-corrected chi connectivity index (χ1v) is 15.9. The number of hydrogen-bond donors (Lipinski definition) is 2. The molecule has 1 amide bonds. The highest BCUT2D eigenvalue weighted by atomic mass is 16.5. The van der Waals surface area contributed by atoms with E-state index in [1.54, 1.807) is 24.3 Å². The van der Waals surface area contributed by atoms with E-state index >= 15 is 0 Å². The minimum Gasteiger partial charge on any atom is -0.456 e. The number of nitrogens with zero attached hydrogens (tertiary/aromatic N) is 2. The second-order valence-electron chi connectivity index (χ2n) is 12.1. The largest absolute Gasteiger partial charge is 0.456 e. The predicted octanol–water partition coefficient (Wildman–Crippen LogP) is 6.28. The quantitative estimate of drug-likeness (QED) is 0.179. The third kappa shape index (κ3) is 6.36. The fourth-order valence-corrected chi connectivity index (χ4v) is 6.50. The van der Waals surface area contributed by atoms with Crippen molar-refractivity contribution < 1.29 is 19.1 Å². The van der Waals surface area contributed by atoms with E-state index in [4.69, 9.17) is 4.74 Å². The zero-order chi connectivity index (χ0) is 32.4. The topological polar surface area (TPSA) is 119 Å². The summed E-state index contributed by atoms with van der Waals surface area (Å²) in [4.78, 5) is 54.9. The van der Waals surface area contributed by atoms with Crippen molar-refractivity contribution >= 4 is 29.0 Å². The number of benzene rings is 3. The number of carbonyl (C=O) groups is 3. The lowest BCUT2D eigenvalue weighted by Crippen LogP contribution is -2.31. The molecule has 2 unspecified atom stereocenters. The van der Waals surface area contributed by atoms with Gasteiger partial charge in [0.2, 0.25) is 0 Å². The van der Waals surface area contributed by atoms with Crippen LogP contribution < -0.4 is 16.2 Å². The van der Waals surface area contributed by atoms with Crippen LogP contribution in [0.1, 0.15) is 68.6 Å². The predicted molar refractivity (Wildman–Crippen MR) is 178 cm³/mol. The van der Waals surface area contributed by atoms with Crippen LogP contribution in [0.15, 0.2) is 77.7 Å². The van der Waals surface area contributed by atoms with Gasteiger partial charge in [-0.1, -0.05) is 50.2 Å². The van der Waals surface area contributed by atoms with Gasteiger partial charge < -0.3 is 15.4 Å². The van der Waals surface area contributed by atoms with Crippen molar-refractivity contribution in [2.75, 3.05) is 17.2 Å². The molecule has 2 N–H and O–H groups in total. The Labute approximate surface area is 268 Å². The number of nitrogens with one attached hydrogen (secondary N) is 2. The lowest BCUT2D eigenvalue weighted by molar-refractivity contribution is -0.144. The highest BCUT2D eigenvalue weighted by Gasteiger charge is 2.45. The third-order valence-corrected chi connectivity index (χ3v) is 9.08. The number of fused-ring (bicyclic) bond motifs is 6. The van der Waals surface area contributed by atoms with Gasteiger partial charge in [-0.15, -0.1) is 0 Å². The molecule has 46 heavy (non-hydrogen) atoms. The number of carbonyl (C=O) groups excluding carboxylic acids is 3. The van der Waals surface area contributed by atoms with Gasteiger partial charge in [-0.05, 0) is 89.2 Å². The summed E-state index contributed by atoms with van der Waals surface area (Å²) in [6.45, 7) is 5.13. The van der Waals surface area contributed by atoms with Gasteiger partial charge in [0.1, 0.15) is 11.5 Å². The van der Waals surface area contributed by atoms with Gasteiger partial charge in [-0.2, -0.15) is 0 Å². The van der Waals surface area contributed by atoms with Crippen molar-refractivity contribution in [2.45, 2.75) is 65.0 Å². The molecule has 4 aromatic rings. The van der Waals surface area contributed by atoms with E-state index < -0.39 is 11.9 Å². The second-order valence-corrected chi connectivity index (χ2v) is 12.1. The number of esters is 1. The van der Waals surface area contributed by atoms with Crippen LogP contribution in [0.3, 0.4) is 0 Å². The number of amides is 1. The van der Waals surface area contributed by atoms with Gasteiger partial charge in [0.25, 0.3) is 11.5 Å². The molecule has 9 heteroatoms. The summed E-state index contributed by atoms with van der Waals surface area (Å²) in [7, 11) is 0. The SMILES string of the molecule is CCC(CC)C(=O)Cn1c(-c2ccc(NC(=O)COC(C)=O)cc2)ncc(NCc2ccc3c(c2)-c2ccccc2C2CC32)c1=O. The van der Waals surface area contributed by atoms with Crippen LogP contribution in [-0.2, 0) is 32.2 Å². The lowest BCUT2D eigenvalue weighted by atomic mass is 9.85. The molecule has 1 fully saturated rings. The summed E-state index contributed by atoms with van der Waals surface area (Å²) < 4.78 is 6.18. The van der Waals surface area contributed by atoms with Crippen molar-refractivity contribution in [1.82, 2.24) is 9.55 Å². The molecule has 0 radical (unpaired) electrons. The average Bonchev–Trinajstić information content (AvgIpc) is 3.87. The molecule has 1 saturated carbocycles. The van der Waals surface area contributed by atoms with E-state index in [0.717, 1.165) is 5.56 Å². The first-order valence-electron chi connectivity index (χ1n) is 15.9. The molecule has 9 nitrogen and oxygen atoms in total. The fraction of sp³-hybridized carbons (Fsp3) is 0.324. The first kappa shape index (κ1) is 31.0. The molecule has 1 aromatic heterocycles. The Morgan fingerprint density at radius 1 is 0.957 bits per heavy atom. The van der Waals surface area contributed by atoms with Crippen LogP contribution in [0, 0.1) is 5.92 Å². The molecule has 2 aliphatic carbocycles. The second kappa shape index (κ2) is 13.1. The van der Waals surface area contributed by atoms with E-state index in [-0.39, 0.29) is 30.4 Å². The number of aromatic nitrogens is 2. The highest BCUT2D eigenvalue weighted by molar-refractivity contribution is 5.93. The smallest absolute Gasteiger partial charge is 0.303 e. The van der Waals surface area contributed by atoms with E-state index in [9.17, 15) is 19.2 Å². The van der Waals surface area contributed by atoms with Crippen LogP contribution in [0.2, 0.25) is 0 Å². The maximum atomic E-state index is 13.9. The fourth-order valence-electron chi connectivity index (χ4n) is 6.50. The standard InChI is InChI=1S/C37H38N4O5/c1-4-24(5-2)34(43)20-41-36(25-11-13-26(14-12-25)40-35(44)21-46-22(3)42)39-19-33(37(41)45)38-18-23-10-15-29-30(16-23)27-8-6-7-9-28(27)31-17-32(29)31/h6-16,19,24,31-32,38H,4-5,17-18,20-21H2,1-3H3,(H,40,44). The summed E-state index contributed by atoms with van der Waals surface area (Å²) in [5.41, 5.74) is 7.53. The minimum atomic E-state index is -0.542. The molecule has 236 valence electrons. The van der Waals surface area contributed by atoms with Crippen LogP contribution in [0.4, 0.5) is 11.4 Å². The molecule has 2 atom stereocenters. The molecule has 0 spiro atoms. The Hall–Kier alpha value is -5.05. The summed E-state index contributed by atoms with van der Waals surface area (Å²) in [5.74, 6) is 0.389. The number of ketones is 1. The summed E-state index contributed by atoms with van der Waals surface area (Å²) >= 11 is 0. The van der Waals surface area contributed by atoms with Crippen molar-refractivity contribution in [3.05, 3.63) is 100.0 Å². The average molecular weight is 619 g/mol. The summed E-state index contributed by atoms with van der Waals surface area (Å²) in [5, 5.41) is 5.96. The third-order valence-electron chi connectivity index (χ3n) is 9.08. The number of anilines is 2. The van der Waals surface area contributed by atoms with E-state index in [2.05, 4.69) is 58.1 Å². The highest BCUT2D eigenvalue weighted by Crippen LogP contribution is 2.62. The van der Waals surface area contributed by atoms with Gasteiger partial charge in [-0.25, -0.2) is 4.98 Å². The Kier molecular flexibility index (Phi) is 8.83. The normalized spacial score (nSPS) is 15.7. The molecule has 0 aliphatic heterocycles. The van der Waals surface area contributed by atoms with Gasteiger partial charge in [-0.3, -0.25) is 23.7 Å². The van der Waals surface area contributed by atoms with Gasteiger partial charge in [0, 0.05) is 30.6 Å². The molecule has 2 aliphatic rings. The lowest BCUT2D eigenvalue weighted by Gasteiger charge is -2.20. The van der Waals surface area contributed by atoms with Crippen LogP contribution in [0.25, 0.3) is 22.5 Å². The molecular weight excluding hydrogens is 580 g/mol. The van der Waals surface area contributed by atoms with Crippen LogP contribution in [-0.4, -0.2) is 33.8 Å². The maximum absolute atomic E-state index is 13.9. The first-order chi connectivity index (χ1) is 22.3. The Balaban J connectivity index is 1.25. The Morgan fingerprint density at radius 2 is 1.67 bits per heavy atom. The van der Waals surface area contributed by atoms with Gasteiger partial charge >= 0.3 is 5.97 Å². The number of ether oxygens (including phenoxy) is 1. The molecule has 1 heterocycles. The minimum absolute atomic E-state index is 0.0200. The Morgan fingerprint density at radius 3 is 2.39 bits per heavy atom. The van der Waals surface area contributed by atoms with Crippen LogP contribution in [0.5, 0.6) is 0 Å². The van der Waals surface area contributed by atoms with Gasteiger partial charge in [0.15, 0.2) is 12.4 Å². The number of hydrogen-bond acceptors (Lipinski definition) is 7. The van der Waals surface area contributed by atoms with Gasteiger partial charge in [0.05, 0.1) is 12.7 Å². The maximum Gasteiger partial charge on any atom is 0.303 e. The zero-order valence-corrected chi connectivity index (χ0v) is 26.3. The summed E-state index contributed by atoms with van der Waals surface area (Å²) in [6, 6.07) is 22.0. The van der Waals surface area contributed by atoms with E-state index in [0.29, 0.717) is 54.0 Å². The van der Waals surface area contributed by atoms with Crippen LogP contribution >= 0.6 is 0 Å². The monoisotopic (exact) mass is 618 g/mol. The summed E-state index contributed by atoms with van der Waals surface area (Å²) in [6.07, 6.45) is 4.10. The van der Waals surface area contributed by atoms with Crippen molar-refractivity contribution in [2.24, 2.45) is 5.92 Å². The molecule has 0 bridgehead atoms. The number of Topliss-reactive ketones (excluding diaryl/α,β-unsaturated/α-hetero) is 1. The van der Waals surface area contributed by atoms with Crippen molar-refractivity contribution in [3.8, 4) is 22.5 Å². The van der Waals surface area contributed by atoms with Crippen molar-refractivity contribution in [3.63, 3.8) is 0 Å². The Bertz CT molecular complexity index is 1860. The number of rotatable bonds is 12. The van der Waals surface area contributed by atoms with Crippen molar-refractivity contribution in [1.29, 1.82) is 0 Å². The van der Waals surface area contributed by atoms with E-state index in [1.807, 2.05) is 13.8 Å². The molecule has 3 aromatic carbocycles. The zero-order valence-electron chi connectivity index (χ0n) is 26.3.